The first-order valence-electron chi connectivity index (χ1n) is 6.62. The molecular formula is C15H21NO. The van der Waals surface area contributed by atoms with Crippen molar-refractivity contribution in [2.24, 2.45) is 5.73 Å². The number of nitrogens with two attached hydrogens (primary N) is 1. The minimum absolute atomic E-state index is 0.237. The highest BCUT2D eigenvalue weighted by atomic mass is 16.3. The molecule has 3 rings (SSSR count). The van der Waals surface area contributed by atoms with E-state index in [9.17, 15) is 5.11 Å². The normalized spacial score (nSPS) is 25.4. The highest BCUT2D eigenvalue weighted by molar-refractivity contribution is 5.36. The van der Waals surface area contributed by atoms with Crippen LogP contribution in [0.3, 0.4) is 0 Å². The molecule has 1 aromatic carbocycles. The van der Waals surface area contributed by atoms with Crippen molar-refractivity contribution in [3.8, 4) is 0 Å². The lowest BCUT2D eigenvalue weighted by molar-refractivity contribution is 0.151. The van der Waals surface area contributed by atoms with Crippen LogP contribution in [0.5, 0.6) is 0 Å². The van der Waals surface area contributed by atoms with E-state index in [0.717, 1.165) is 19.3 Å². The third-order valence-electron chi connectivity index (χ3n) is 4.55. The third kappa shape index (κ3) is 2.00. The van der Waals surface area contributed by atoms with Gasteiger partial charge in [-0.05, 0) is 43.7 Å². The van der Waals surface area contributed by atoms with Crippen LogP contribution in [-0.4, -0.2) is 16.7 Å². The molecule has 1 atom stereocenters. The van der Waals surface area contributed by atoms with Gasteiger partial charge in [-0.1, -0.05) is 24.3 Å². The molecule has 0 spiro atoms. The third-order valence-corrected chi connectivity index (χ3v) is 4.55. The van der Waals surface area contributed by atoms with Gasteiger partial charge in [0.15, 0.2) is 0 Å². The summed E-state index contributed by atoms with van der Waals surface area (Å²) in [5.74, 6) is 0. The highest BCUT2D eigenvalue weighted by Gasteiger charge is 2.47. The number of benzene rings is 1. The van der Waals surface area contributed by atoms with Gasteiger partial charge < -0.3 is 10.8 Å². The van der Waals surface area contributed by atoms with Gasteiger partial charge in [0.05, 0.1) is 5.60 Å². The average molecular weight is 231 g/mol. The van der Waals surface area contributed by atoms with Crippen molar-refractivity contribution in [2.75, 3.05) is 0 Å². The van der Waals surface area contributed by atoms with E-state index in [-0.39, 0.29) is 17.1 Å². The molecule has 2 nitrogen and oxygen atoms in total. The van der Waals surface area contributed by atoms with E-state index in [4.69, 9.17) is 5.73 Å². The topological polar surface area (TPSA) is 46.2 Å². The molecule has 2 aliphatic rings. The lowest BCUT2D eigenvalue weighted by Gasteiger charge is -2.20. The maximum atomic E-state index is 9.89. The van der Waals surface area contributed by atoms with Gasteiger partial charge in [0.2, 0.25) is 0 Å². The van der Waals surface area contributed by atoms with E-state index in [1.807, 2.05) is 0 Å². The fraction of sp³-hybridized carbons (Fsp3) is 0.600. The second-order valence-electron chi connectivity index (χ2n) is 6.04. The summed E-state index contributed by atoms with van der Waals surface area (Å²) in [6, 6.07) is 8.97. The van der Waals surface area contributed by atoms with Gasteiger partial charge in [0.1, 0.15) is 0 Å². The summed E-state index contributed by atoms with van der Waals surface area (Å²) < 4.78 is 0. The molecule has 2 heteroatoms. The van der Waals surface area contributed by atoms with Crippen LogP contribution in [0.4, 0.5) is 0 Å². The first-order chi connectivity index (χ1) is 8.04. The Morgan fingerprint density at radius 2 is 1.76 bits per heavy atom. The van der Waals surface area contributed by atoms with Crippen LogP contribution in [-0.2, 0) is 11.8 Å². The van der Waals surface area contributed by atoms with Crippen molar-refractivity contribution < 1.29 is 5.11 Å². The fourth-order valence-electron chi connectivity index (χ4n) is 2.80. The van der Waals surface area contributed by atoms with E-state index in [0.29, 0.717) is 0 Å². The molecule has 1 aromatic rings. The highest BCUT2D eigenvalue weighted by Crippen LogP contribution is 2.50. The van der Waals surface area contributed by atoms with E-state index in [2.05, 4.69) is 31.2 Å². The van der Waals surface area contributed by atoms with E-state index in [1.54, 1.807) is 0 Å². The zero-order valence-electron chi connectivity index (χ0n) is 10.4. The molecule has 1 unspecified atom stereocenters. The molecule has 0 amide bonds. The lowest BCUT2D eigenvalue weighted by Crippen LogP contribution is -2.31. The summed E-state index contributed by atoms with van der Waals surface area (Å²) >= 11 is 0. The van der Waals surface area contributed by atoms with Crippen molar-refractivity contribution >= 4 is 0 Å². The molecule has 0 aromatic heterocycles. The van der Waals surface area contributed by atoms with Crippen LogP contribution in [0.25, 0.3) is 0 Å². The second-order valence-corrected chi connectivity index (χ2v) is 6.04. The van der Waals surface area contributed by atoms with E-state index in [1.165, 1.54) is 24.0 Å². The molecule has 17 heavy (non-hydrogen) atoms. The minimum Gasteiger partial charge on any atom is -0.390 e. The number of aliphatic hydroxyl groups is 1. The molecule has 92 valence electrons. The molecule has 2 saturated carbocycles. The lowest BCUT2D eigenvalue weighted by atomic mass is 9.88. The summed E-state index contributed by atoms with van der Waals surface area (Å²) in [7, 11) is 0. The van der Waals surface area contributed by atoms with Crippen molar-refractivity contribution in [3.63, 3.8) is 0 Å². The summed E-state index contributed by atoms with van der Waals surface area (Å²) in [6.07, 6.45) is 5.15. The molecule has 0 heterocycles. The summed E-state index contributed by atoms with van der Waals surface area (Å²) in [4.78, 5) is 0. The Morgan fingerprint density at radius 1 is 1.18 bits per heavy atom. The van der Waals surface area contributed by atoms with Gasteiger partial charge in [-0.2, -0.15) is 0 Å². The van der Waals surface area contributed by atoms with Crippen molar-refractivity contribution in [1.29, 1.82) is 0 Å². The molecular weight excluding hydrogens is 210 g/mol. The van der Waals surface area contributed by atoms with Crippen LogP contribution >= 0.6 is 0 Å². The summed E-state index contributed by atoms with van der Waals surface area (Å²) in [5.41, 5.74) is 8.55. The van der Waals surface area contributed by atoms with Gasteiger partial charge in [0, 0.05) is 17.9 Å². The van der Waals surface area contributed by atoms with E-state index >= 15 is 0 Å². The number of rotatable bonds is 4. The monoisotopic (exact) mass is 231 g/mol. The van der Waals surface area contributed by atoms with Gasteiger partial charge in [0.25, 0.3) is 0 Å². The number of hydrogen-bond donors (Lipinski definition) is 2. The quantitative estimate of drug-likeness (QED) is 0.834. The molecule has 0 radical (unpaired) electrons. The van der Waals surface area contributed by atoms with Crippen LogP contribution in [0.1, 0.15) is 43.7 Å². The Hall–Kier alpha value is -0.860. The minimum atomic E-state index is -0.389. The van der Waals surface area contributed by atoms with Crippen molar-refractivity contribution in [2.45, 2.75) is 56.1 Å². The Bertz CT molecular complexity index is 413. The predicted octanol–water partition coefficient (Wildman–Crippen LogP) is 2.13. The van der Waals surface area contributed by atoms with E-state index < -0.39 is 0 Å². The zero-order valence-corrected chi connectivity index (χ0v) is 10.4. The van der Waals surface area contributed by atoms with Gasteiger partial charge in [-0.25, -0.2) is 0 Å². The zero-order chi connectivity index (χ0) is 12.1. The molecule has 0 aliphatic heterocycles. The molecule has 0 saturated heterocycles. The Kier molecular flexibility index (Phi) is 2.36. The van der Waals surface area contributed by atoms with Crippen LogP contribution in [0.15, 0.2) is 24.3 Å². The average Bonchev–Trinajstić information content (AvgIpc) is 3.17. The summed E-state index contributed by atoms with van der Waals surface area (Å²) in [5, 5.41) is 9.89. The SMILES string of the molecule is CC(N)C1(c2ccc(CC3(O)CC3)cc2)CC1. The molecule has 0 bridgehead atoms. The Labute approximate surface area is 103 Å². The summed E-state index contributed by atoms with van der Waals surface area (Å²) in [6.45, 7) is 2.10. The van der Waals surface area contributed by atoms with Crippen LogP contribution in [0, 0.1) is 0 Å². The van der Waals surface area contributed by atoms with Gasteiger partial charge in [-0.15, -0.1) is 0 Å². The molecule has 3 N–H and O–H groups in total. The van der Waals surface area contributed by atoms with Crippen molar-refractivity contribution in [3.05, 3.63) is 35.4 Å². The fourth-order valence-corrected chi connectivity index (χ4v) is 2.80. The largest absolute Gasteiger partial charge is 0.390 e. The Balaban J connectivity index is 1.76. The molecule has 2 fully saturated rings. The first-order valence-corrected chi connectivity index (χ1v) is 6.62. The predicted molar refractivity (Wildman–Crippen MR) is 68.9 cm³/mol. The van der Waals surface area contributed by atoms with Crippen LogP contribution in [0.2, 0.25) is 0 Å². The smallest absolute Gasteiger partial charge is 0.0690 e. The maximum absolute atomic E-state index is 9.89. The second kappa shape index (κ2) is 3.56. The van der Waals surface area contributed by atoms with Gasteiger partial charge in [-0.3, -0.25) is 0 Å². The standard InChI is InChI=1S/C15H21NO/c1-11(16)15(8-9-15)13-4-2-12(3-5-13)10-14(17)6-7-14/h2-5,11,17H,6-10,16H2,1H3. The van der Waals surface area contributed by atoms with Gasteiger partial charge >= 0.3 is 0 Å². The number of hydrogen-bond acceptors (Lipinski definition) is 2. The molecule has 2 aliphatic carbocycles. The van der Waals surface area contributed by atoms with Crippen molar-refractivity contribution in [1.82, 2.24) is 0 Å². The maximum Gasteiger partial charge on any atom is 0.0690 e. The van der Waals surface area contributed by atoms with Crippen LogP contribution < -0.4 is 5.73 Å². The Morgan fingerprint density at radius 3 is 2.18 bits per heavy atom. The first kappa shape index (κ1) is 11.2.